The summed E-state index contributed by atoms with van der Waals surface area (Å²) < 4.78 is 14.0. The first-order valence-electron chi connectivity index (χ1n) is 22.4. The number of nitrogens with zero attached hydrogens (tertiary/aromatic N) is 2. The Bertz CT molecular complexity index is 1860. The molecule has 13 atom stereocenters. The van der Waals surface area contributed by atoms with Crippen molar-refractivity contribution in [2.45, 2.75) is 129 Å². The second-order valence-electron chi connectivity index (χ2n) is 20.4. The van der Waals surface area contributed by atoms with Gasteiger partial charge in [-0.2, -0.15) is 0 Å². The first-order chi connectivity index (χ1) is 26.5. The van der Waals surface area contributed by atoms with Gasteiger partial charge in [0.1, 0.15) is 11.2 Å². The zero-order chi connectivity index (χ0) is 38.0. The Morgan fingerprint density at radius 3 is 2.71 bits per heavy atom. The van der Waals surface area contributed by atoms with Crippen molar-refractivity contribution < 1.29 is 19.1 Å². The molecule has 1 aromatic carbocycles. The SMILES string of the molecule is CC(C)CC[C@H](C)C[C@@H]1[C@@]2(OC(=O)c3c(CCCN)cccc32)[C@@]23CCC4=C[C@@]12C(=O)O/C3=C\[C@@H]1CC[C@@H]2[C@H]3C[C@H](CN(C3)C3=CC[C@H](C)C[C@H]43)CN2[C@H]1C. The molecule has 4 saturated heterocycles. The molecule has 7 heteroatoms. The molecular formula is C48H65N3O4. The quantitative estimate of drug-likeness (QED) is 0.211. The lowest BCUT2D eigenvalue weighted by Gasteiger charge is -2.69. The largest absolute Gasteiger partial charge is 0.449 e. The topological polar surface area (TPSA) is 85.1 Å². The molecule has 10 aliphatic heterocycles. The molecule has 5 fully saturated rings. The van der Waals surface area contributed by atoms with Crippen LogP contribution < -0.4 is 5.73 Å². The number of ether oxygens (including phenoxy) is 2. The van der Waals surface area contributed by atoms with Gasteiger partial charge in [0.15, 0.2) is 5.60 Å². The maximum atomic E-state index is 15.4. The first-order valence-corrected chi connectivity index (χ1v) is 22.4. The predicted molar refractivity (Wildman–Crippen MR) is 214 cm³/mol. The fourth-order valence-electron chi connectivity index (χ4n) is 14.5. The normalized spacial score (nSPS) is 43.4. The molecule has 1 aromatic rings. The van der Waals surface area contributed by atoms with E-state index in [9.17, 15) is 4.79 Å². The van der Waals surface area contributed by atoms with Crippen molar-refractivity contribution in [2.75, 3.05) is 26.2 Å². The van der Waals surface area contributed by atoms with Crippen molar-refractivity contribution >= 4 is 11.9 Å². The average molecular weight is 748 g/mol. The van der Waals surface area contributed by atoms with Gasteiger partial charge in [0.2, 0.25) is 0 Å². The molecule has 0 aromatic heterocycles. The van der Waals surface area contributed by atoms with Gasteiger partial charge in [-0.05, 0) is 125 Å². The van der Waals surface area contributed by atoms with Crippen molar-refractivity contribution in [3.8, 4) is 0 Å². The molecule has 7 nitrogen and oxygen atoms in total. The maximum absolute atomic E-state index is 15.4. The highest BCUT2D eigenvalue weighted by atomic mass is 16.6. The van der Waals surface area contributed by atoms with Crippen molar-refractivity contribution in [1.29, 1.82) is 0 Å². The van der Waals surface area contributed by atoms with E-state index in [2.05, 4.69) is 80.8 Å². The smallest absolute Gasteiger partial charge is 0.339 e. The van der Waals surface area contributed by atoms with Crippen molar-refractivity contribution in [3.05, 3.63) is 70.1 Å². The van der Waals surface area contributed by atoms with Crippen LogP contribution in [0.1, 0.15) is 127 Å². The number of rotatable bonds is 8. The van der Waals surface area contributed by atoms with Crippen LogP contribution in [0.25, 0.3) is 0 Å². The summed E-state index contributed by atoms with van der Waals surface area (Å²) in [4.78, 5) is 35.7. The minimum atomic E-state index is -0.960. The van der Waals surface area contributed by atoms with Gasteiger partial charge in [-0.1, -0.05) is 76.5 Å². The molecule has 1 unspecified atom stereocenters. The van der Waals surface area contributed by atoms with Gasteiger partial charge < -0.3 is 20.1 Å². The van der Waals surface area contributed by atoms with Crippen LogP contribution in [0.5, 0.6) is 0 Å². The van der Waals surface area contributed by atoms with Crippen LogP contribution in [0.15, 0.2) is 53.5 Å². The fraction of sp³-hybridized carbons (Fsp3) is 0.708. The monoisotopic (exact) mass is 747 g/mol. The third-order valence-corrected chi connectivity index (χ3v) is 16.9. The number of fused-ring (bicyclic) bond motifs is 2. The van der Waals surface area contributed by atoms with Crippen LogP contribution in [0.4, 0.5) is 0 Å². The Hall–Kier alpha value is -2.90. The molecule has 296 valence electrons. The molecule has 55 heavy (non-hydrogen) atoms. The Morgan fingerprint density at radius 2 is 1.89 bits per heavy atom. The van der Waals surface area contributed by atoms with Gasteiger partial charge in [-0.25, -0.2) is 4.79 Å². The van der Waals surface area contributed by atoms with Gasteiger partial charge in [0, 0.05) is 54.8 Å². The summed E-state index contributed by atoms with van der Waals surface area (Å²) in [6.45, 7) is 15.9. The molecule has 0 radical (unpaired) electrons. The van der Waals surface area contributed by atoms with Gasteiger partial charge >= 0.3 is 11.9 Å². The summed E-state index contributed by atoms with van der Waals surface area (Å²) in [5.74, 6) is 3.80. The van der Waals surface area contributed by atoms with E-state index in [-0.39, 0.29) is 23.8 Å². The highest BCUT2D eigenvalue weighted by Gasteiger charge is 2.91. The Balaban J connectivity index is 1.21. The van der Waals surface area contributed by atoms with E-state index in [0.717, 1.165) is 106 Å². The zero-order valence-electron chi connectivity index (χ0n) is 34.2. The summed E-state index contributed by atoms with van der Waals surface area (Å²) in [6, 6.07) is 7.36. The molecule has 2 spiro atoms. The van der Waals surface area contributed by atoms with Gasteiger partial charge in [0.05, 0.1) is 11.0 Å². The number of nitrogens with two attached hydrogens (primary N) is 1. The second kappa shape index (κ2) is 13.1. The molecule has 1 saturated carbocycles. The average Bonchev–Trinajstić information content (AvgIpc) is 3.61. The number of hydrogen-bond acceptors (Lipinski definition) is 7. The number of carbonyl (C=O) groups excluding carboxylic acids is 2. The second-order valence-corrected chi connectivity index (χ2v) is 20.4. The number of esters is 2. The van der Waals surface area contributed by atoms with Crippen LogP contribution in [0.3, 0.4) is 0 Å². The molecule has 0 amide bonds. The van der Waals surface area contributed by atoms with Crippen LogP contribution in [-0.4, -0.2) is 60.0 Å². The van der Waals surface area contributed by atoms with Crippen molar-refractivity contribution in [1.82, 2.24) is 9.80 Å². The Morgan fingerprint density at radius 1 is 1.04 bits per heavy atom. The van der Waals surface area contributed by atoms with E-state index >= 15 is 4.79 Å². The number of allylic oxidation sites excluding steroid dienone is 2. The summed E-state index contributed by atoms with van der Waals surface area (Å²) >= 11 is 0. The molecule has 3 aliphatic carbocycles. The van der Waals surface area contributed by atoms with Gasteiger partial charge in [-0.15, -0.1) is 0 Å². The van der Waals surface area contributed by atoms with Crippen LogP contribution in [-0.2, 0) is 26.3 Å². The molecule has 10 heterocycles. The first kappa shape index (κ1) is 36.4. The Kier molecular flexibility index (Phi) is 8.65. The minimum absolute atomic E-state index is 0.101. The summed E-state index contributed by atoms with van der Waals surface area (Å²) in [7, 11) is 0. The third-order valence-electron chi connectivity index (χ3n) is 16.9. The van der Waals surface area contributed by atoms with E-state index in [1.54, 1.807) is 0 Å². The minimum Gasteiger partial charge on any atom is -0.449 e. The number of carbonyl (C=O) groups is 2. The third kappa shape index (κ3) is 4.93. The number of piperidine rings is 3. The van der Waals surface area contributed by atoms with Gasteiger partial charge in [-0.3, -0.25) is 9.69 Å². The lowest BCUT2D eigenvalue weighted by Crippen LogP contribution is -2.75. The molecule has 2 N–H and O–H groups in total. The number of aryl methyl sites for hydroxylation is 1. The van der Waals surface area contributed by atoms with Crippen molar-refractivity contribution in [3.63, 3.8) is 0 Å². The highest BCUT2D eigenvalue weighted by molar-refractivity contribution is 5.99. The zero-order valence-corrected chi connectivity index (χ0v) is 34.2. The van der Waals surface area contributed by atoms with E-state index in [0.29, 0.717) is 54.1 Å². The lowest BCUT2D eigenvalue weighted by molar-refractivity contribution is -0.274. The number of hydrogen-bond donors (Lipinski definition) is 1. The summed E-state index contributed by atoms with van der Waals surface area (Å²) in [5, 5.41) is 0. The lowest BCUT2D eigenvalue weighted by atomic mass is 9.31. The van der Waals surface area contributed by atoms with E-state index in [1.165, 1.54) is 24.1 Å². The maximum Gasteiger partial charge on any atom is 0.339 e. The van der Waals surface area contributed by atoms with Crippen LogP contribution in [0, 0.1) is 58.2 Å². The Labute approximate surface area is 329 Å². The van der Waals surface area contributed by atoms with Crippen LogP contribution in [0.2, 0.25) is 0 Å². The molecule has 14 rings (SSSR count). The van der Waals surface area contributed by atoms with E-state index < -0.39 is 16.4 Å². The highest BCUT2D eigenvalue weighted by Crippen LogP contribution is 2.85. The summed E-state index contributed by atoms with van der Waals surface area (Å²) in [6.07, 6.45) is 19.6. The van der Waals surface area contributed by atoms with E-state index in [4.69, 9.17) is 15.2 Å². The molecule has 10 bridgehead atoms. The standard InChI is InChI=1S/C48H65N3O4/c1-28(2)11-12-30(4)21-41-46-24-35-17-18-47(46,48(41)38-10-6-8-33(9-7-19-49)43(38)44(52)55-48)42(54-45(46)53)23-34-14-16-39-36-22-32(26-51(39)31(34)5)25-50(27-36)40-15-13-29(3)20-37(35)40/h6,8,10,15,23-24,28-32,34,36-37,39,41H,7,9,11-14,16-22,25-27,49H2,1-5H3/b42-23-/t29-,30-,31-,32+,34-,36-,37+,39+,41-,46-,47+,48+/m0/s1. The van der Waals surface area contributed by atoms with Gasteiger partial charge in [0.25, 0.3) is 0 Å². The molecular weight excluding hydrogens is 683 g/mol. The van der Waals surface area contributed by atoms with E-state index in [1.807, 2.05) is 0 Å². The summed E-state index contributed by atoms with van der Waals surface area (Å²) in [5.41, 5.74) is 9.13. The predicted octanol–water partition coefficient (Wildman–Crippen LogP) is 8.53. The fourth-order valence-corrected chi connectivity index (χ4v) is 14.5. The van der Waals surface area contributed by atoms with Crippen molar-refractivity contribution in [2.24, 2.45) is 63.9 Å². The number of benzene rings is 1. The molecule has 13 aliphatic rings. The van der Waals surface area contributed by atoms with Crippen LogP contribution >= 0.6 is 0 Å².